The van der Waals surface area contributed by atoms with Gasteiger partial charge in [0.05, 0.1) is 23.2 Å². The molecule has 2 aromatic carbocycles. The summed E-state index contributed by atoms with van der Waals surface area (Å²) in [6, 6.07) is 15.0. The summed E-state index contributed by atoms with van der Waals surface area (Å²) >= 11 is 1.51. The van der Waals surface area contributed by atoms with E-state index >= 15 is 0 Å². The van der Waals surface area contributed by atoms with Crippen LogP contribution in [-0.4, -0.2) is 29.7 Å². The fraction of sp³-hybridized carbons (Fsp3) is 0.278. The average Bonchev–Trinajstić information content (AvgIpc) is 2.91. The van der Waals surface area contributed by atoms with Gasteiger partial charge in [-0.25, -0.2) is 0 Å². The molecule has 0 saturated heterocycles. The third kappa shape index (κ3) is 3.76. The molecule has 6 heteroatoms. The van der Waals surface area contributed by atoms with Gasteiger partial charge in [0.15, 0.2) is 0 Å². The molecule has 0 spiro atoms. The molecular weight excluding hydrogens is 324 g/mol. The monoisotopic (exact) mass is 343 g/mol. The largest absolute Gasteiger partial charge is 0.497 e. The number of thioether (sulfide) groups is 1. The summed E-state index contributed by atoms with van der Waals surface area (Å²) in [5.74, 6) is 0.715. The minimum Gasteiger partial charge on any atom is -0.497 e. The molecule has 0 radical (unpaired) electrons. The number of hydrogen-bond acceptors (Lipinski definition) is 4. The van der Waals surface area contributed by atoms with Crippen LogP contribution in [0, 0.1) is 4.91 Å². The predicted octanol–water partition coefficient (Wildman–Crippen LogP) is 3.29. The van der Waals surface area contributed by atoms with Crippen LogP contribution in [0.15, 0.2) is 53.4 Å². The van der Waals surface area contributed by atoms with Crippen molar-refractivity contribution in [2.75, 3.05) is 13.7 Å². The van der Waals surface area contributed by atoms with Crippen LogP contribution < -0.4 is 10.1 Å². The Hall–Kier alpha value is -2.34. The number of hydrogen-bond donors (Lipinski definition) is 1. The molecule has 1 N–H and O–H groups in total. The Morgan fingerprint density at radius 3 is 2.79 bits per heavy atom. The molecular formula is C18H19N2O3S+. The minimum atomic E-state index is -0.218. The Bertz CT molecular complexity index is 749. The zero-order valence-electron chi connectivity index (χ0n) is 13.4. The van der Waals surface area contributed by atoms with E-state index in [0.29, 0.717) is 25.1 Å². The van der Waals surface area contributed by atoms with E-state index in [-0.39, 0.29) is 11.3 Å². The van der Waals surface area contributed by atoms with Crippen molar-refractivity contribution in [1.82, 2.24) is 5.32 Å². The SMILES string of the molecule is COc1ccc2c(c1)SC(CCNC(=O)Cc1ccccc1)[N+]2=O. The van der Waals surface area contributed by atoms with E-state index in [1.54, 1.807) is 19.2 Å². The highest BCUT2D eigenvalue weighted by Gasteiger charge is 2.39. The fourth-order valence-electron chi connectivity index (χ4n) is 2.60. The van der Waals surface area contributed by atoms with E-state index in [2.05, 4.69) is 5.32 Å². The van der Waals surface area contributed by atoms with Crippen molar-refractivity contribution >= 4 is 23.4 Å². The van der Waals surface area contributed by atoms with Crippen molar-refractivity contribution in [3.05, 3.63) is 59.0 Å². The van der Waals surface area contributed by atoms with Crippen LogP contribution in [0.5, 0.6) is 5.75 Å². The highest BCUT2D eigenvalue weighted by molar-refractivity contribution is 8.00. The third-order valence-electron chi connectivity index (χ3n) is 3.85. The Morgan fingerprint density at radius 2 is 2.04 bits per heavy atom. The number of carbonyl (C=O) groups is 1. The summed E-state index contributed by atoms with van der Waals surface area (Å²) < 4.78 is 6.20. The molecule has 1 aliphatic rings. The fourth-order valence-corrected chi connectivity index (χ4v) is 3.80. The maximum absolute atomic E-state index is 12.3. The second-order valence-corrected chi connectivity index (χ2v) is 6.75. The standard InChI is InChI=1S/C18H18N2O3S/c1-23-14-7-8-15-16(12-14)24-18(20(15)22)9-10-19-17(21)11-13-5-3-2-4-6-13/h2-8,12,18H,9-11H2,1H3/p+1. The van der Waals surface area contributed by atoms with Crippen LogP contribution in [0.2, 0.25) is 0 Å². The molecule has 3 rings (SSSR count). The number of nitrogens with one attached hydrogen (secondary N) is 1. The van der Waals surface area contributed by atoms with Gasteiger partial charge in [0.2, 0.25) is 5.91 Å². The Balaban J connectivity index is 1.49. The first-order valence-corrected chi connectivity index (χ1v) is 8.67. The lowest BCUT2D eigenvalue weighted by Gasteiger charge is -2.05. The molecule has 1 heterocycles. The molecule has 1 atom stereocenters. The second-order valence-electron chi connectivity index (χ2n) is 5.53. The Kier molecular flexibility index (Phi) is 5.15. The van der Waals surface area contributed by atoms with Crippen molar-refractivity contribution in [1.29, 1.82) is 0 Å². The summed E-state index contributed by atoms with van der Waals surface area (Å²) in [6.07, 6.45) is 0.947. The van der Waals surface area contributed by atoms with Crippen LogP contribution in [-0.2, 0) is 11.2 Å². The van der Waals surface area contributed by atoms with Gasteiger partial charge < -0.3 is 10.1 Å². The molecule has 124 valence electrons. The van der Waals surface area contributed by atoms with Crippen LogP contribution in [0.3, 0.4) is 0 Å². The van der Waals surface area contributed by atoms with Gasteiger partial charge in [-0.15, -0.1) is 0 Å². The molecule has 0 bridgehead atoms. The highest BCUT2D eigenvalue weighted by atomic mass is 32.2. The molecule has 1 amide bonds. The topological polar surface area (TPSA) is 58.4 Å². The molecule has 2 aromatic rings. The van der Waals surface area contributed by atoms with Crippen LogP contribution >= 0.6 is 11.8 Å². The van der Waals surface area contributed by atoms with Crippen LogP contribution in [0.25, 0.3) is 0 Å². The molecule has 5 nitrogen and oxygen atoms in total. The number of carbonyl (C=O) groups excluding carboxylic acids is 1. The molecule has 0 fully saturated rings. The second kappa shape index (κ2) is 7.49. The van der Waals surface area contributed by atoms with Gasteiger partial charge in [0.1, 0.15) is 5.75 Å². The number of rotatable bonds is 6. The number of nitrogens with zero attached hydrogens (tertiary/aromatic N) is 1. The molecule has 0 aromatic heterocycles. The molecule has 0 saturated carbocycles. The lowest BCUT2D eigenvalue weighted by atomic mass is 10.1. The summed E-state index contributed by atoms with van der Waals surface area (Å²) in [6.45, 7) is 0.479. The van der Waals surface area contributed by atoms with Gasteiger partial charge in [0, 0.05) is 30.0 Å². The molecule has 24 heavy (non-hydrogen) atoms. The van der Waals surface area contributed by atoms with E-state index < -0.39 is 0 Å². The lowest BCUT2D eigenvalue weighted by molar-refractivity contribution is -0.476. The zero-order valence-corrected chi connectivity index (χ0v) is 14.2. The smallest absolute Gasteiger partial charge is 0.271 e. The predicted molar refractivity (Wildman–Crippen MR) is 93.7 cm³/mol. The summed E-state index contributed by atoms with van der Waals surface area (Å²) in [5, 5.41) is 2.67. The van der Waals surface area contributed by atoms with Gasteiger partial charge >= 0.3 is 0 Å². The van der Waals surface area contributed by atoms with E-state index in [9.17, 15) is 9.70 Å². The summed E-state index contributed by atoms with van der Waals surface area (Å²) in [5.41, 5.74) is 1.65. The first-order chi connectivity index (χ1) is 11.7. The van der Waals surface area contributed by atoms with E-state index in [1.807, 2.05) is 36.4 Å². The lowest BCUT2D eigenvalue weighted by Crippen LogP contribution is -2.29. The van der Waals surface area contributed by atoms with Gasteiger partial charge in [-0.3, -0.25) is 4.79 Å². The number of ether oxygens (including phenoxy) is 1. The van der Waals surface area contributed by atoms with Gasteiger partial charge in [-0.2, -0.15) is 0 Å². The van der Waals surface area contributed by atoms with Gasteiger partial charge in [-0.05, 0) is 23.4 Å². The Morgan fingerprint density at radius 1 is 1.25 bits per heavy atom. The number of methoxy groups -OCH3 is 1. The first-order valence-electron chi connectivity index (χ1n) is 7.79. The maximum atomic E-state index is 12.3. The van der Waals surface area contributed by atoms with Crippen molar-refractivity contribution < 1.29 is 14.3 Å². The third-order valence-corrected chi connectivity index (χ3v) is 5.13. The van der Waals surface area contributed by atoms with Crippen molar-refractivity contribution in [3.63, 3.8) is 0 Å². The van der Waals surface area contributed by atoms with Crippen LogP contribution in [0.1, 0.15) is 12.0 Å². The minimum absolute atomic E-state index is 0.0270. The average molecular weight is 343 g/mol. The van der Waals surface area contributed by atoms with Gasteiger partial charge in [-0.1, -0.05) is 30.3 Å². The van der Waals surface area contributed by atoms with Crippen molar-refractivity contribution in [3.8, 4) is 5.75 Å². The van der Waals surface area contributed by atoms with Gasteiger partial charge in [0.25, 0.3) is 11.1 Å². The molecule has 1 unspecified atom stereocenters. The van der Waals surface area contributed by atoms with E-state index in [4.69, 9.17) is 4.74 Å². The highest BCUT2D eigenvalue weighted by Crippen LogP contribution is 2.44. The number of amides is 1. The number of fused-ring (bicyclic) bond motifs is 1. The van der Waals surface area contributed by atoms with E-state index in [0.717, 1.165) is 21.0 Å². The summed E-state index contributed by atoms with van der Waals surface area (Å²) in [4.78, 5) is 25.2. The maximum Gasteiger partial charge on any atom is 0.271 e. The zero-order chi connectivity index (χ0) is 16.9. The quantitative estimate of drug-likeness (QED) is 0.818. The Labute approximate surface area is 145 Å². The number of nitroso groups, excluding NO2 is 1. The van der Waals surface area contributed by atoms with Crippen LogP contribution in [0.4, 0.5) is 5.69 Å². The molecule has 0 aliphatic carbocycles. The van der Waals surface area contributed by atoms with E-state index in [1.165, 1.54) is 11.8 Å². The summed E-state index contributed by atoms with van der Waals surface area (Å²) in [7, 11) is 1.61. The molecule has 1 aliphatic heterocycles. The van der Waals surface area contributed by atoms with Crippen molar-refractivity contribution in [2.45, 2.75) is 23.1 Å². The van der Waals surface area contributed by atoms with Crippen molar-refractivity contribution in [2.24, 2.45) is 0 Å². The first kappa shape index (κ1) is 16.5. The number of benzene rings is 2. The normalized spacial score (nSPS) is 15.9.